The van der Waals surface area contributed by atoms with Gasteiger partial charge in [0.15, 0.2) is 0 Å². The fourth-order valence-electron chi connectivity index (χ4n) is 2.32. The molecule has 1 atom stereocenters. The van der Waals surface area contributed by atoms with Crippen molar-refractivity contribution in [2.45, 2.75) is 26.8 Å². The van der Waals surface area contributed by atoms with Crippen LogP contribution in [0.5, 0.6) is 0 Å². The van der Waals surface area contributed by atoms with Crippen molar-refractivity contribution in [1.29, 1.82) is 0 Å². The lowest BCUT2D eigenvalue weighted by atomic mass is 10.2. The van der Waals surface area contributed by atoms with Crippen LogP contribution in [0.2, 0.25) is 0 Å². The smallest absolute Gasteiger partial charge is 0.0907 e. The molecule has 0 radical (unpaired) electrons. The Bertz CT molecular complexity index is 750. The van der Waals surface area contributed by atoms with Gasteiger partial charge in [-0.25, -0.2) is 4.98 Å². The highest BCUT2D eigenvalue weighted by molar-refractivity contribution is 7.11. The topological polar surface area (TPSA) is 50.7 Å². The Morgan fingerprint density at radius 2 is 1.85 bits per heavy atom. The maximum absolute atomic E-state index is 4.60. The molecule has 0 saturated heterocycles. The normalized spacial score (nSPS) is 12.6. The number of anilines is 1. The molecule has 2 heterocycles. The molecule has 2 aromatic heterocycles. The molecule has 3 rings (SSSR count). The van der Waals surface area contributed by atoms with Crippen LogP contribution in [-0.4, -0.2) is 15.0 Å². The summed E-state index contributed by atoms with van der Waals surface area (Å²) in [5, 5.41) is 4.59. The molecule has 0 bridgehead atoms. The zero-order valence-electron chi connectivity index (χ0n) is 11.7. The van der Waals surface area contributed by atoms with E-state index in [-0.39, 0.29) is 6.04 Å². The Hall–Kier alpha value is -2.01. The van der Waals surface area contributed by atoms with E-state index in [0.717, 1.165) is 27.4 Å². The predicted octanol–water partition coefficient (Wildman–Crippen LogP) is 3.88. The molecule has 0 saturated carbocycles. The van der Waals surface area contributed by atoms with Crippen molar-refractivity contribution in [2.24, 2.45) is 0 Å². The van der Waals surface area contributed by atoms with Crippen LogP contribution < -0.4 is 5.32 Å². The molecule has 5 heteroatoms. The van der Waals surface area contributed by atoms with Gasteiger partial charge in [0.05, 0.1) is 27.8 Å². The van der Waals surface area contributed by atoms with Crippen LogP contribution in [0.4, 0.5) is 5.69 Å². The van der Waals surface area contributed by atoms with Crippen molar-refractivity contribution in [1.82, 2.24) is 15.0 Å². The van der Waals surface area contributed by atoms with Crippen LogP contribution in [-0.2, 0) is 0 Å². The Kier molecular flexibility index (Phi) is 3.36. The Morgan fingerprint density at radius 3 is 2.55 bits per heavy atom. The minimum absolute atomic E-state index is 0.175. The zero-order chi connectivity index (χ0) is 14.1. The van der Waals surface area contributed by atoms with Gasteiger partial charge in [-0.3, -0.25) is 9.97 Å². The number of hydrogen-bond acceptors (Lipinski definition) is 5. The lowest BCUT2D eigenvalue weighted by molar-refractivity contribution is 0.837. The largest absolute Gasteiger partial charge is 0.377 e. The monoisotopic (exact) mass is 284 g/mol. The first-order valence-corrected chi connectivity index (χ1v) is 7.36. The number of aryl methyl sites for hydroxylation is 2. The first kappa shape index (κ1) is 13.0. The zero-order valence-corrected chi connectivity index (χ0v) is 12.5. The van der Waals surface area contributed by atoms with Crippen molar-refractivity contribution in [3.63, 3.8) is 0 Å². The highest BCUT2D eigenvalue weighted by Crippen LogP contribution is 2.26. The molecule has 0 spiro atoms. The molecule has 20 heavy (non-hydrogen) atoms. The van der Waals surface area contributed by atoms with Gasteiger partial charge in [0, 0.05) is 23.0 Å². The van der Waals surface area contributed by atoms with Crippen LogP contribution in [0.1, 0.15) is 28.5 Å². The second-order valence-corrected chi connectivity index (χ2v) is 6.21. The molecule has 3 aromatic rings. The molecule has 1 aromatic carbocycles. The first-order chi connectivity index (χ1) is 9.63. The summed E-state index contributed by atoms with van der Waals surface area (Å²) in [6, 6.07) is 6.21. The molecule has 0 aliphatic carbocycles. The summed E-state index contributed by atoms with van der Waals surface area (Å²) in [6.45, 7) is 6.28. The van der Waals surface area contributed by atoms with Gasteiger partial charge in [0.25, 0.3) is 0 Å². The number of hydrogen-bond donors (Lipinski definition) is 1. The lowest BCUT2D eigenvalue weighted by Gasteiger charge is -2.14. The molecule has 0 fully saturated rings. The van der Waals surface area contributed by atoms with E-state index in [0.29, 0.717) is 0 Å². The van der Waals surface area contributed by atoms with Gasteiger partial charge in [-0.1, -0.05) is 0 Å². The molecular weight excluding hydrogens is 268 g/mol. The standard InChI is InChI=1S/C15H16N4S/c1-9(15-10(2)20-11(3)19-15)18-12-4-5-13-14(8-12)17-7-6-16-13/h4-9,18H,1-3H3. The predicted molar refractivity (Wildman–Crippen MR) is 83.2 cm³/mol. The van der Waals surface area contributed by atoms with E-state index in [1.165, 1.54) is 4.88 Å². The molecule has 1 N–H and O–H groups in total. The van der Waals surface area contributed by atoms with E-state index in [4.69, 9.17) is 0 Å². The summed E-state index contributed by atoms with van der Waals surface area (Å²) in [6.07, 6.45) is 3.42. The van der Waals surface area contributed by atoms with Gasteiger partial charge in [-0.2, -0.15) is 0 Å². The van der Waals surface area contributed by atoms with E-state index in [1.54, 1.807) is 23.7 Å². The van der Waals surface area contributed by atoms with Crippen molar-refractivity contribution >= 4 is 28.1 Å². The minimum Gasteiger partial charge on any atom is -0.377 e. The first-order valence-electron chi connectivity index (χ1n) is 6.55. The van der Waals surface area contributed by atoms with Crippen LogP contribution in [0, 0.1) is 13.8 Å². The van der Waals surface area contributed by atoms with Crippen LogP contribution in [0.25, 0.3) is 11.0 Å². The molecular formula is C15H16N4S. The molecule has 4 nitrogen and oxygen atoms in total. The number of aromatic nitrogens is 3. The SMILES string of the molecule is Cc1nc(C(C)Nc2ccc3nccnc3c2)c(C)s1. The van der Waals surface area contributed by atoms with E-state index in [2.05, 4.69) is 34.1 Å². The highest BCUT2D eigenvalue weighted by Gasteiger charge is 2.13. The third kappa shape index (κ3) is 2.49. The Morgan fingerprint density at radius 1 is 1.10 bits per heavy atom. The molecule has 102 valence electrons. The lowest BCUT2D eigenvalue weighted by Crippen LogP contribution is -2.08. The summed E-state index contributed by atoms with van der Waals surface area (Å²) in [5.41, 5.74) is 3.96. The quantitative estimate of drug-likeness (QED) is 0.793. The van der Waals surface area contributed by atoms with Gasteiger partial charge in [0.2, 0.25) is 0 Å². The van der Waals surface area contributed by atoms with Crippen molar-refractivity contribution in [3.05, 3.63) is 46.2 Å². The average Bonchev–Trinajstić information content (AvgIpc) is 2.78. The van der Waals surface area contributed by atoms with E-state index >= 15 is 0 Å². The Balaban J connectivity index is 1.87. The van der Waals surface area contributed by atoms with Crippen LogP contribution >= 0.6 is 11.3 Å². The van der Waals surface area contributed by atoms with Gasteiger partial charge < -0.3 is 5.32 Å². The van der Waals surface area contributed by atoms with Crippen LogP contribution in [0.3, 0.4) is 0 Å². The number of rotatable bonds is 3. The second-order valence-electron chi connectivity index (χ2n) is 4.80. The minimum atomic E-state index is 0.175. The van der Waals surface area contributed by atoms with E-state index in [9.17, 15) is 0 Å². The third-order valence-corrected chi connectivity index (χ3v) is 4.10. The summed E-state index contributed by atoms with van der Waals surface area (Å²) < 4.78 is 0. The van der Waals surface area contributed by atoms with Gasteiger partial charge in [-0.15, -0.1) is 11.3 Å². The Labute approximate surface area is 121 Å². The summed E-state index contributed by atoms with van der Waals surface area (Å²) >= 11 is 1.74. The number of fused-ring (bicyclic) bond motifs is 1. The third-order valence-electron chi connectivity index (χ3n) is 3.20. The summed E-state index contributed by atoms with van der Waals surface area (Å²) in [5.74, 6) is 0. The molecule has 0 aliphatic heterocycles. The molecule has 0 amide bonds. The second kappa shape index (κ2) is 5.17. The number of benzene rings is 1. The van der Waals surface area contributed by atoms with Gasteiger partial charge in [-0.05, 0) is 39.0 Å². The van der Waals surface area contributed by atoms with Crippen LogP contribution in [0.15, 0.2) is 30.6 Å². The van der Waals surface area contributed by atoms with Gasteiger partial charge in [0.1, 0.15) is 0 Å². The molecule has 1 unspecified atom stereocenters. The maximum Gasteiger partial charge on any atom is 0.0907 e. The maximum atomic E-state index is 4.60. The van der Waals surface area contributed by atoms with Crippen molar-refractivity contribution in [2.75, 3.05) is 5.32 Å². The van der Waals surface area contributed by atoms with Crippen molar-refractivity contribution in [3.8, 4) is 0 Å². The highest BCUT2D eigenvalue weighted by atomic mass is 32.1. The van der Waals surface area contributed by atoms with Gasteiger partial charge >= 0.3 is 0 Å². The average molecular weight is 284 g/mol. The summed E-state index contributed by atoms with van der Waals surface area (Å²) in [4.78, 5) is 14.5. The number of nitrogens with one attached hydrogen (secondary N) is 1. The summed E-state index contributed by atoms with van der Waals surface area (Å²) in [7, 11) is 0. The van der Waals surface area contributed by atoms with E-state index < -0.39 is 0 Å². The van der Waals surface area contributed by atoms with E-state index in [1.807, 2.05) is 25.1 Å². The molecule has 0 aliphatic rings. The number of thiazole rings is 1. The fraction of sp³-hybridized carbons (Fsp3) is 0.267. The number of nitrogens with zero attached hydrogens (tertiary/aromatic N) is 3. The fourth-order valence-corrected chi connectivity index (χ4v) is 3.23. The van der Waals surface area contributed by atoms with Crippen molar-refractivity contribution < 1.29 is 0 Å².